The highest BCUT2D eigenvalue weighted by Gasteiger charge is 2.27. The summed E-state index contributed by atoms with van der Waals surface area (Å²) in [5.41, 5.74) is 7.59. The number of fused-ring (bicyclic) bond motifs is 1. The van der Waals surface area contributed by atoms with Gasteiger partial charge in [-0.15, -0.1) is 0 Å². The predicted octanol–water partition coefficient (Wildman–Crippen LogP) is 2.60. The molecule has 4 aromatic rings. The first kappa shape index (κ1) is 21.8. The lowest BCUT2D eigenvalue weighted by Crippen LogP contribution is -2.33. The number of nitrogens with two attached hydrogens (primary N) is 1. The van der Waals surface area contributed by atoms with E-state index in [0.717, 1.165) is 32.5 Å². The zero-order chi connectivity index (χ0) is 23.7. The Balaban J connectivity index is 1.50. The van der Waals surface area contributed by atoms with E-state index in [9.17, 15) is 9.59 Å². The summed E-state index contributed by atoms with van der Waals surface area (Å²) in [5, 5.41) is 0. The van der Waals surface area contributed by atoms with Crippen LogP contribution in [-0.4, -0.2) is 50.5 Å². The smallest absolute Gasteiger partial charge is 0.332 e. The number of H-pyrrole nitrogens is 1. The van der Waals surface area contributed by atoms with Crippen molar-refractivity contribution in [2.45, 2.75) is 25.3 Å². The molecular formula is C25H26N6O3. The third-order valence-electron chi connectivity index (χ3n) is 6.32. The van der Waals surface area contributed by atoms with Crippen LogP contribution in [0.1, 0.15) is 40.6 Å². The fourth-order valence-corrected chi connectivity index (χ4v) is 4.59. The summed E-state index contributed by atoms with van der Waals surface area (Å²) in [6.07, 6.45) is 1.69. The fourth-order valence-electron chi connectivity index (χ4n) is 4.59. The van der Waals surface area contributed by atoms with Crippen LogP contribution in [0.2, 0.25) is 0 Å². The summed E-state index contributed by atoms with van der Waals surface area (Å²) < 4.78 is 6.86. The molecule has 0 atom stereocenters. The van der Waals surface area contributed by atoms with Gasteiger partial charge in [-0.25, -0.2) is 19.3 Å². The van der Waals surface area contributed by atoms with Gasteiger partial charge >= 0.3 is 5.69 Å². The van der Waals surface area contributed by atoms with E-state index in [1.807, 2.05) is 18.2 Å². The molecular weight excluding hydrogens is 432 g/mol. The molecule has 9 heteroatoms. The van der Waals surface area contributed by atoms with Gasteiger partial charge in [0.25, 0.3) is 5.91 Å². The molecule has 1 aliphatic rings. The molecule has 1 fully saturated rings. The molecule has 34 heavy (non-hydrogen) atoms. The van der Waals surface area contributed by atoms with Crippen LogP contribution in [0.25, 0.3) is 16.9 Å². The number of rotatable bonds is 6. The van der Waals surface area contributed by atoms with Crippen molar-refractivity contribution in [1.82, 2.24) is 24.4 Å². The van der Waals surface area contributed by atoms with Crippen molar-refractivity contribution in [3.63, 3.8) is 0 Å². The summed E-state index contributed by atoms with van der Waals surface area (Å²) >= 11 is 0. The molecule has 0 unspecified atom stereocenters. The molecule has 0 radical (unpaired) electrons. The van der Waals surface area contributed by atoms with Crippen molar-refractivity contribution >= 4 is 17.1 Å². The Labute approximate surface area is 196 Å². The molecule has 174 valence electrons. The van der Waals surface area contributed by atoms with Crippen molar-refractivity contribution in [2.75, 3.05) is 20.2 Å². The molecule has 3 heterocycles. The molecule has 9 nitrogen and oxygen atoms in total. The highest BCUT2D eigenvalue weighted by Crippen LogP contribution is 2.29. The molecule has 3 N–H and O–H groups in total. The van der Waals surface area contributed by atoms with Crippen LogP contribution >= 0.6 is 0 Å². The Bertz CT molecular complexity index is 1390. The van der Waals surface area contributed by atoms with Crippen molar-refractivity contribution in [3.8, 4) is 11.4 Å². The standard InChI is InChI=1S/C25H26N6O3/c1-34-19-10-6-5-9-18(19)31-24-21(28-25(31)33)20(22(26)32)27-23(29-24)17-11-13-30(14-12-17)15-16-7-3-2-4-8-16/h2-10,17H,11-15H2,1H3,(H2,26,32)(H,28,33). The summed E-state index contributed by atoms with van der Waals surface area (Å²) in [5.74, 6) is 0.401. The van der Waals surface area contributed by atoms with E-state index in [4.69, 9.17) is 15.5 Å². The summed E-state index contributed by atoms with van der Waals surface area (Å²) in [4.78, 5) is 39.5. The van der Waals surface area contributed by atoms with Gasteiger partial charge in [-0.3, -0.25) is 9.69 Å². The number of methoxy groups -OCH3 is 1. The van der Waals surface area contributed by atoms with E-state index in [-0.39, 0.29) is 17.1 Å². The monoisotopic (exact) mass is 458 g/mol. The lowest BCUT2D eigenvalue weighted by Gasteiger charge is -2.31. The predicted molar refractivity (Wildman–Crippen MR) is 128 cm³/mol. The van der Waals surface area contributed by atoms with Crippen LogP contribution in [0.5, 0.6) is 5.75 Å². The maximum atomic E-state index is 12.9. The van der Waals surface area contributed by atoms with Gasteiger partial charge < -0.3 is 15.5 Å². The van der Waals surface area contributed by atoms with Gasteiger partial charge in [-0.2, -0.15) is 0 Å². The molecule has 2 aromatic heterocycles. The van der Waals surface area contributed by atoms with E-state index in [2.05, 4.69) is 39.1 Å². The lowest BCUT2D eigenvalue weighted by molar-refractivity contribution is 0.0996. The summed E-state index contributed by atoms with van der Waals surface area (Å²) in [6.45, 7) is 2.67. The van der Waals surface area contributed by atoms with Crippen LogP contribution in [0, 0.1) is 0 Å². The Hall–Kier alpha value is -3.98. The number of para-hydroxylation sites is 2. The Morgan fingerprint density at radius 1 is 1.09 bits per heavy atom. The summed E-state index contributed by atoms with van der Waals surface area (Å²) in [6, 6.07) is 17.5. The largest absolute Gasteiger partial charge is 0.495 e. The van der Waals surface area contributed by atoms with Gasteiger partial charge in [-0.1, -0.05) is 42.5 Å². The molecule has 1 amide bonds. The zero-order valence-electron chi connectivity index (χ0n) is 18.9. The van der Waals surface area contributed by atoms with Crippen LogP contribution in [-0.2, 0) is 6.54 Å². The number of aromatic nitrogens is 4. The molecule has 1 aliphatic heterocycles. The van der Waals surface area contributed by atoms with Crippen molar-refractivity contribution in [2.24, 2.45) is 5.73 Å². The van der Waals surface area contributed by atoms with Gasteiger partial charge in [0.1, 0.15) is 17.1 Å². The quantitative estimate of drug-likeness (QED) is 0.458. The van der Waals surface area contributed by atoms with Crippen molar-refractivity contribution in [3.05, 3.63) is 82.2 Å². The number of primary amides is 1. The van der Waals surface area contributed by atoms with Crippen molar-refractivity contribution < 1.29 is 9.53 Å². The van der Waals surface area contributed by atoms with E-state index in [1.165, 1.54) is 17.2 Å². The highest BCUT2D eigenvalue weighted by atomic mass is 16.5. The van der Waals surface area contributed by atoms with Gasteiger partial charge in [-0.05, 0) is 43.6 Å². The number of piperidine rings is 1. The van der Waals surface area contributed by atoms with Gasteiger partial charge in [0.2, 0.25) is 0 Å². The first-order chi connectivity index (χ1) is 16.5. The topological polar surface area (TPSA) is 119 Å². The first-order valence-corrected chi connectivity index (χ1v) is 11.3. The second kappa shape index (κ2) is 9.11. The third kappa shape index (κ3) is 4.06. The van der Waals surface area contributed by atoms with E-state index < -0.39 is 11.6 Å². The number of amides is 1. The SMILES string of the molecule is COc1ccccc1-n1c(=O)[nH]c2c(C(N)=O)nc(C3CCN(Cc4ccccc4)CC3)nc21. The molecule has 0 aliphatic carbocycles. The van der Waals surface area contributed by atoms with Crippen molar-refractivity contribution in [1.29, 1.82) is 0 Å². The Kier molecular flexibility index (Phi) is 5.85. The van der Waals surface area contributed by atoms with Gasteiger partial charge in [0.15, 0.2) is 11.3 Å². The second-order valence-corrected chi connectivity index (χ2v) is 8.47. The van der Waals surface area contributed by atoms with E-state index in [0.29, 0.717) is 22.9 Å². The maximum absolute atomic E-state index is 12.9. The molecule has 0 saturated carbocycles. The number of hydrogen-bond acceptors (Lipinski definition) is 6. The minimum Gasteiger partial charge on any atom is -0.495 e. The number of nitrogens with zero attached hydrogens (tertiary/aromatic N) is 4. The van der Waals surface area contributed by atoms with Gasteiger partial charge in [0.05, 0.1) is 12.8 Å². The maximum Gasteiger partial charge on any atom is 0.332 e. The first-order valence-electron chi connectivity index (χ1n) is 11.3. The van der Waals surface area contributed by atoms with E-state index in [1.54, 1.807) is 12.1 Å². The van der Waals surface area contributed by atoms with Crippen LogP contribution in [0.4, 0.5) is 0 Å². The van der Waals surface area contributed by atoms with E-state index >= 15 is 0 Å². The second-order valence-electron chi connectivity index (χ2n) is 8.47. The average Bonchev–Trinajstić information content (AvgIpc) is 3.19. The number of imidazole rings is 1. The minimum absolute atomic E-state index is 0.0254. The molecule has 2 aromatic carbocycles. The van der Waals surface area contributed by atoms with Crippen LogP contribution in [0.3, 0.4) is 0 Å². The number of ether oxygens (including phenoxy) is 1. The highest BCUT2D eigenvalue weighted by molar-refractivity contribution is 6.01. The number of nitrogens with one attached hydrogen (secondary N) is 1. The fraction of sp³-hybridized carbons (Fsp3) is 0.280. The number of benzene rings is 2. The molecule has 0 bridgehead atoms. The number of carbonyl (C=O) groups excluding carboxylic acids is 1. The number of aromatic amines is 1. The Morgan fingerprint density at radius 3 is 2.50 bits per heavy atom. The zero-order valence-corrected chi connectivity index (χ0v) is 18.9. The molecule has 5 rings (SSSR count). The minimum atomic E-state index is -0.705. The third-order valence-corrected chi connectivity index (χ3v) is 6.32. The van der Waals surface area contributed by atoms with Gasteiger partial charge in [0, 0.05) is 12.5 Å². The molecule has 1 saturated heterocycles. The van der Waals surface area contributed by atoms with Crippen LogP contribution < -0.4 is 16.2 Å². The number of hydrogen-bond donors (Lipinski definition) is 2. The van der Waals surface area contributed by atoms with Crippen LogP contribution in [0.15, 0.2) is 59.4 Å². The Morgan fingerprint density at radius 2 is 1.79 bits per heavy atom. The normalized spacial score (nSPS) is 15.0. The average molecular weight is 459 g/mol. The number of carbonyl (C=O) groups is 1. The molecule has 0 spiro atoms. The number of likely N-dealkylation sites (tertiary alicyclic amines) is 1. The summed E-state index contributed by atoms with van der Waals surface area (Å²) in [7, 11) is 1.54. The lowest BCUT2D eigenvalue weighted by atomic mass is 9.95.